The Bertz CT molecular complexity index is 719. The number of benzene rings is 1. The molecule has 1 aliphatic carbocycles. The fourth-order valence-corrected chi connectivity index (χ4v) is 2.94. The zero-order valence-corrected chi connectivity index (χ0v) is 18.7. The molecule has 0 bridgehead atoms. The summed E-state index contributed by atoms with van der Waals surface area (Å²) in [6.07, 6.45) is 3.63. The van der Waals surface area contributed by atoms with Gasteiger partial charge in [-0.25, -0.2) is 13.2 Å². The van der Waals surface area contributed by atoms with Crippen LogP contribution in [0.4, 0.5) is 17.6 Å². The summed E-state index contributed by atoms with van der Waals surface area (Å²) < 4.78 is 82.5. The van der Waals surface area contributed by atoms with E-state index in [4.69, 9.17) is 23.7 Å². The minimum Gasteiger partial charge on any atom is -0.455 e. The molecule has 0 atom stereocenters. The first-order chi connectivity index (χ1) is 15.5. The maximum Gasteiger partial charge on any atom is 0.207 e. The van der Waals surface area contributed by atoms with Crippen molar-refractivity contribution >= 4 is 0 Å². The van der Waals surface area contributed by atoms with Crippen LogP contribution in [0.5, 0.6) is 5.75 Å². The van der Waals surface area contributed by atoms with Crippen LogP contribution in [0, 0.1) is 30.2 Å². The SMILES string of the molecule is CCCOCCOCCOCCOCCC(Oc1c(F)c(C)c(F)c(F)c1F)=C1CCC1. The van der Waals surface area contributed by atoms with Crippen molar-refractivity contribution in [2.75, 3.05) is 52.9 Å². The summed E-state index contributed by atoms with van der Waals surface area (Å²) in [5.74, 6) is -6.80. The summed E-state index contributed by atoms with van der Waals surface area (Å²) >= 11 is 0. The predicted molar refractivity (Wildman–Crippen MR) is 111 cm³/mol. The van der Waals surface area contributed by atoms with Crippen molar-refractivity contribution in [2.45, 2.75) is 46.0 Å². The van der Waals surface area contributed by atoms with E-state index in [0.29, 0.717) is 45.4 Å². The van der Waals surface area contributed by atoms with Gasteiger partial charge in [0.2, 0.25) is 11.6 Å². The predicted octanol–water partition coefficient (Wildman–Crippen LogP) is 5.23. The molecule has 1 aliphatic rings. The van der Waals surface area contributed by atoms with Gasteiger partial charge in [0.1, 0.15) is 5.76 Å². The summed E-state index contributed by atoms with van der Waals surface area (Å²) in [4.78, 5) is 0. The number of hydrogen-bond acceptors (Lipinski definition) is 5. The Labute approximate surface area is 186 Å². The molecule has 0 aliphatic heterocycles. The molecule has 0 amide bonds. The molecule has 0 radical (unpaired) electrons. The van der Waals surface area contributed by atoms with Crippen molar-refractivity contribution in [3.8, 4) is 5.75 Å². The second kappa shape index (κ2) is 14.5. The van der Waals surface area contributed by atoms with Crippen LogP contribution in [0.3, 0.4) is 0 Å². The molecule has 0 heterocycles. The van der Waals surface area contributed by atoms with Crippen molar-refractivity contribution in [3.63, 3.8) is 0 Å². The Hall–Kier alpha value is -1.68. The van der Waals surface area contributed by atoms with Gasteiger partial charge in [0.15, 0.2) is 17.5 Å². The van der Waals surface area contributed by atoms with E-state index in [1.54, 1.807) is 0 Å². The minimum atomic E-state index is -1.75. The lowest BCUT2D eigenvalue weighted by Crippen LogP contribution is -2.14. The first-order valence-electron chi connectivity index (χ1n) is 11.0. The van der Waals surface area contributed by atoms with Crippen LogP contribution in [0.1, 0.15) is 44.6 Å². The molecule has 32 heavy (non-hydrogen) atoms. The molecule has 0 unspecified atom stereocenters. The lowest BCUT2D eigenvalue weighted by Gasteiger charge is -2.23. The molecular formula is C23H32F4O5. The van der Waals surface area contributed by atoms with E-state index in [1.807, 2.05) is 6.92 Å². The van der Waals surface area contributed by atoms with E-state index in [0.717, 1.165) is 44.8 Å². The van der Waals surface area contributed by atoms with Crippen LogP contribution in [0.15, 0.2) is 11.3 Å². The number of ether oxygens (including phenoxy) is 5. The Kier molecular flexibility index (Phi) is 12.0. The smallest absolute Gasteiger partial charge is 0.207 e. The van der Waals surface area contributed by atoms with E-state index < -0.39 is 34.6 Å². The minimum absolute atomic E-state index is 0.235. The van der Waals surface area contributed by atoms with Gasteiger partial charge in [-0.2, -0.15) is 4.39 Å². The number of allylic oxidation sites excluding steroid dienone is 1. The summed E-state index contributed by atoms with van der Waals surface area (Å²) in [6.45, 7) is 6.72. The summed E-state index contributed by atoms with van der Waals surface area (Å²) in [5, 5.41) is 0. The van der Waals surface area contributed by atoms with Gasteiger partial charge in [0.25, 0.3) is 0 Å². The highest BCUT2D eigenvalue weighted by atomic mass is 19.2. The van der Waals surface area contributed by atoms with E-state index in [9.17, 15) is 17.6 Å². The van der Waals surface area contributed by atoms with Gasteiger partial charge in [-0.05, 0) is 38.2 Å². The van der Waals surface area contributed by atoms with Crippen LogP contribution < -0.4 is 4.74 Å². The van der Waals surface area contributed by atoms with E-state index >= 15 is 0 Å². The summed E-state index contributed by atoms with van der Waals surface area (Å²) in [5.41, 5.74) is 0.272. The van der Waals surface area contributed by atoms with E-state index in [2.05, 4.69) is 0 Å². The lowest BCUT2D eigenvalue weighted by molar-refractivity contribution is -0.00190. The van der Waals surface area contributed by atoms with E-state index in [1.165, 1.54) is 0 Å². The molecule has 5 nitrogen and oxygen atoms in total. The van der Waals surface area contributed by atoms with Gasteiger partial charge in [0.05, 0.1) is 46.2 Å². The maximum absolute atomic E-state index is 14.3. The van der Waals surface area contributed by atoms with Gasteiger partial charge in [-0.15, -0.1) is 0 Å². The van der Waals surface area contributed by atoms with Gasteiger partial charge in [-0.3, -0.25) is 0 Å². The fraction of sp³-hybridized carbons (Fsp3) is 0.652. The van der Waals surface area contributed by atoms with Crippen molar-refractivity contribution in [1.29, 1.82) is 0 Å². The van der Waals surface area contributed by atoms with Crippen LogP contribution in [-0.4, -0.2) is 52.9 Å². The monoisotopic (exact) mass is 464 g/mol. The zero-order valence-electron chi connectivity index (χ0n) is 18.7. The molecule has 0 spiro atoms. The average Bonchev–Trinajstić information content (AvgIpc) is 2.75. The van der Waals surface area contributed by atoms with Gasteiger partial charge in [0, 0.05) is 18.6 Å². The second-order valence-corrected chi connectivity index (χ2v) is 7.39. The highest BCUT2D eigenvalue weighted by molar-refractivity contribution is 5.36. The molecule has 1 aromatic carbocycles. The van der Waals surface area contributed by atoms with Crippen molar-refractivity contribution < 1.29 is 41.2 Å². The molecule has 2 rings (SSSR count). The Balaban J connectivity index is 1.69. The topological polar surface area (TPSA) is 46.2 Å². The number of hydrogen-bond donors (Lipinski definition) is 0. The molecule has 0 N–H and O–H groups in total. The quantitative estimate of drug-likeness (QED) is 0.110. The number of halogens is 4. The highest BCUT2D eigenvalue weighted by Gasteiger charge is 2.26. The second-order valence-electron chi connectivity index (χ2n) is 7.39. The lowest BCUT2D eigenvalue weighted by atomic mass is 9.90. The van der Waals surface area contributed by atoms with Crippen molar-refractivity contribution in [3.05, 3.63) is 40.2 Å². The van der Waals surface area contributed by atoms with E-state index in [-0.39, 0.29) is 13.0 Å². The molecule has 1 fully saturated rings. The van der Waals surface area contributed by atoms with Crippen LogP contribution >= 0.6 is 0 Å². The Morgan fingerprint density at radius 3 is 1.72 bits per heavy atom. The molecule has 1 saturated carbocycles. The van der Waals surface area contributed by atoms with Gasteiger partial charge < -0.3 is 23.7 Å². The molecule has 0 aromatic heterocycles. The average molecular weight is 464 g/mol. The van der Waals surface area contributed by atoms with Crippen LogP contribution in [-0.2, 0) is 18.9 Å². The third-order valence-corrected chi connectivity index (χ3v) is 4.96. The molecule has 9 heteroatoms. The molecule has 0 saturated heterocycles. The van der Waals surface area contributed by atoms with Crippen molar-refractivity contribution in [2.24, 2.45) is 0 Å². The summed E-state index contributed by atoms with van der Waals surface area (Å²) in [6, 6.07) is 0. The number of rotatable bonds is 16. The third kappa shape index (κ3) is 8.03. The highest BCUT2D eigenvalue weighted by Crippen LogP contribution is 2.35. The van der Waals surface area contributed by atoms with Gasteiger partial charge >= 0.3 is 0 Å². The zero-order chi connectivity index (χ0) is 23.3. The molecular weight excluding hydrogens is 432 g/mol. The Morgan fingerprint density at radius 2 is 1.22 bits per heavy atom. The van der Waals surface area contributed by atoms with Gasteiger partial charge in [-0.1, -0.05) is 6.92 Å². The standard InChI is InChI=1S/C23H32F4O5/c1-3-8-28-10-12-30-14-15-31-13-11-29-9-7-18(17-5-4-6-17)32-23-20(25)16(2)19(24)21(26)22(23)27/h3-15H2,1-2H3. The van der Waals surface area contributed by atoms with Crippen LogP contribution in [0.25, 0.3) is 0 Å². The fourth-order valence-electron chi connectivity index (χ4n) is 2.94. The first-order valence-corrected chi connectivity index (χ1v) is 11.0. The normalized spacial score (nSPS) is 13.4. The van der Waals surface area contributed by atoms with Crippen molar-refractivity contribution in [1.82, 2.24) is 0 Å². The summed E-state index contributed by atoms with van der Waals surface area (Å²) in [7, 11) is 0. The largest absolute Gasteiger partial charge is 0.455 e. The van der Waals surface area contributed by atoms with Crippen LogP contribution in [0.2, 0.25) is 0 Å². The third-order valence-electron chi connectivity index (χ3n) is 4.96. The first kappa shape index (κ1) is 26.6. The maximum atomic E-state index is 14.3. The molecule has 182 valence electrons. The Morgan fingerprint density at radius 1 is 0.688 bits per heavy atom. The molecule has 1 aromatic rings.